The van der Waals surface area contributed by atoms with Crippen LogP contribution in [0.2, 0.25) is 5.28 Å². The predicted octanol–water partition coefficient (Wildman–Crippen LogP) is 1.79. The number of nitrogens with zero attached hydrogens (tertiary/aromatic N) is 2. The minimum absolute atomic E-state index is 0.188. The van der Waals surface area contributed by atoms with Crippen molar-refractivity contribution < 1.29 is 17.2 Å². The first kappa shape index (κ1) is 14.4. The first-order valence-corrected chi connectivity index (χ1v) is 6.91. The van der Waals surface area contributed by atoms with Crippen LogP contribution in [0.5, 0.6) is 0 Å². The number of nitrogens with one attached hydrogen (secondary N) is 1. The fourth-order valence-corrected chi connectivity index (χ4v) is 2.63. The van der Waals surface area contributed by atoms with Crippen molar-refractivity contribution >= 4 is 33.1 Å². The normalized spacial score (nSPS) is 11.3. The van der Waals surface area contributed by atoms with Gasteiger partial charge >= 0.3 is 0 Å². The SMILES string of the molecule is Nc1cc(F)c(F)c(S(=O)(=O)Nc2ccnc(Cl)n2)c1. The Morgan fingerprint density at radius 1 is 1.30 bits per heavy atom. The van der Waals surface area contributed by atoms with Gasteiger partial charge in [-0.2, -0.15) is 4.98 Å². The molecule has 2 rings (SSSR count). The van der Waals surface area contributed by atoms with E-state index in [1.807, 2.05) is 4.72 Å². The second kappa shape index (κ2) is 5.17. The summed E-state index contributed by atoms with van der Waals surface area (Å²) in [6.45, 7) is 0. The number of nitrogens with two attached hydrogens (primary N) is 1. The van der Waals surface area contributed by atoms with E-state index in [1.165, 1.54) is 12.3 Å². The lowest BCUT2D eigenvalue weighted by Crippen LogP contribution is -2.16. The Bertz CT molecular complexity index is 770. The number of anilines is 2. The Morgan fingerprint density at radius 2 is 2.00 bits per heavy atom. The summed E-state index contributed by atoms with van der Waals surface area (Å²) in [7, 11) is -4.40. The Balaban J connectivity index is 2.46. The molecule has 0 unspecified atom stereocenters. The Morgan fingerprint density at radius 3 is 2.65 bits per heavy atom. The average molecular weight is 321 g/mol. The van der Waals surface area contributed by atoms with Crippen LogP contribution >= 0.6 is 11.6 Å². The molecule has 1 aromatic carbocycles. The van der Waals surface area contributed by atoms with Gasteiger partial charge in [0.2, 0.25) is 5.28 Å². The molecule has 0 aliphatic heterocycles. The van der Waals surface area contributed by atoms with Crippen molar-refractivity contribution in [1.29, 1.82) is 0 Å². The summed E-state index contributed by atoms with van der Waals surface area (Å²) in [4.78, 5) is 6.20. The van der Waals surface area contributed by atoms with E-state index in [0.29, 0.717) is 6.07 Å². The first-order chi connectivity index (χ1) is 9.29. The Hall–Kier alpha value is -2.00. The molecule has 0 bridgehead atoms. The highest BCUT2D eigenvalue weighted by molar-refractivity contribution is 7.92. The summed E-state index contributed by atoms with van der Waals surface area (Å²) in [5.41, 5.74) is 5.07. The van der Waals surface area contributed by atoms with Gasteiger partial charge in [-0.15, -0.1) is 0 Å². The van der Waals surface area contributed by atoms with E-state index in [1.54, 1.807) is 0 Å². The molecular formula is C10H7ClF2N4O2S. The van der Waals surface area contributed by atoms with E-state index in [-0.39, 0.29) is 16.8 Å². The van der Waals surface area contributed by atoms with Crippen molar-refractivity contribution in [3.63, 3.8) is 0 Å². The molecule has 3 N–H and O–H groups in total. The molecule has 6 nitrogen and oxygen atoms in total. The van der Waals surface area contributed by atoms with Crippen molar-refractivity contribution in [2.75, 3.05) is 10.5 Å². The summed E-state index contributed by atoms with van der Waals surface area (Å²) in [6, 6.07) is 2.67. The highest BCUT2D eigenvalue weighted by atomic mass is 35.5. The maximum absolute atomic E-state index is 13.6. The van der Waals surface area contributed by atoms with Crippen LogP contribution in [0.25, 0.3) is 0 Å². The zero-order chi connectivity index (χ0) is 14.9. The van der Waals surface area contributed by atoms with Crippen LogP contribution in [0.1, 0.15) is 0 Å². The van der Waals surface area contributed by atoms with Crippen molar-refractivity contribution in [2.45, 2.75) is 4.90 Å². The highest BCUT2D eigenvalue weighted by Gasteiger charge is 2.23. The summed E-state index contributed by atoms with van der Waals surface area (Å²) >= 11 is 5.49. The van der Waals surface area contributed by atoms with Gasteiger partial charge in [-0.25, -0.2) is 22.2 Å². The van der Waals surface area contributed by atoms with Gasteiger partial charge in [0.1, 0.15) is 10.7 Å². The van der Waals surface area contributed by atoms with Crippen LogP contribution in [-0.2, 0) is 10.0 Å². The number of aromatic nitrogens is 2. The first-order valence-electron chi connectivity index (χ1n) is 5.05. The monoisotopic (exact) mass is 320 g/mol. The minimum atomic E-state index is -4.40. The van der Waals surface area contributed by atoms with Crippen LogP contribution in [0.3, 0.4) is 0 Å². The van der Waals surface area contributed by atoms with E-state index < -0.39 is 26.6 Å². The number of halogens is 3. The zero-order valence-electron chi connectivity index (χ0n) is 9.64. The van der Waals surface area contributed by atoms with Gasteiger partial charge in [0.25, 0.3) is 10.0 Å². The zero-order valence-corrected chi connectivity index (χ0v) is 11.2. The summed E-state index contributed by atoms with van der Waals surface area (Å²) in [5, 5.41) is -0.204. The Labute approximate surface area is 117 Å². The van der Waals surface area contributed by atoms with Crippen molar-refractivity contribution in [2.24, 2.45) is 0 Å². The molecule has 1 heterocycles. The maximum Gasteiger partial charge on any atom is 0.266 e. The second-order valence-electron chi connectivity index (χ2n) is 3.63. The minimum Gasteiger partial charge on any atom is -0.399 e. The van der Waals surface area contributed by atoms with Gasteiger partial charge in [0.15, 0.2) is 11.6 Å². The molecule has 0 atom stereocenters. The number of nitrogen functional groups attached to an aromatic ring is 1. The summed E-state index contributed by atoms with van der Waals surface area (Å²) in [5.74, 6) is -3.09. The fourth-order valence-electron chi connectivity index (χ4n) is 1.36. The smallest absolute Gasteiger partial charge is 0.266 e. The van der Waals surface area contributed by atoms with Gasteiger partial charge in [-0.05, 0) is 29.8 Å². The van der Waals surface area contributed by atoms with Crippen molar-refractivity contribution in [3.05, 3.63) is 41.3 Å². The van der Waals surface area contributed by atoms with Crippen LogP contribution < -0.4 is 10.5 Å². The third kappa shape index (κ3) is 2.94. The molecular weight excluding hydrogens is 314 g/mol. The molecule has 0 saturated heterocycles. The molecule has 20 heavy (non-hydrogen) atoms. The molecule has 106 valence electrons. The quantitative estimate of drug-likeness (QED) is 0.663. The standard InChI is InChI=1S/C10H7ClF2N4O2S/c11-10-15-2-1-8(16-10)17-20(18,19)7-4-5(14)3-6(12)9(7)13/h1-4H,14H2,(H,15,16,17). The van der Waals surface area contributed by atoms with Gasteiger partial charge in [-0.1, -0.05) is 0 Å². The molecule has 0 aliphatic carbocycles. The largest absolute Gasteiger partial charge is 0.399 e. The fraction of sp³-hybridized carbons (Fsp3) is 0. The number of hydrogen-bond acceptors (Lipinski definition) is 5. The molecule has 10 heteroatoms. The molecule has 0 spiro atoms. The molecule has 0 amide bonds. The van der Waals surface area contributed by atoms with Gasteiger partial charge in [0, 0.05) is 11.9 Å². The molecule has 0 fully saturated rings. The number of benzene rings is 1. The number of rotatable bonds is 3. The second-order valence-corrected chi connectivity index (χ2v) is 5.62. The maximum atomic E-state index is 13.6. The van der Waals surface area contributed by atoms with Crippen LogP contribution in [0.4, 0.5) is 20.3 Å². The van der Waals surface area contributed by atoms with E-state index in [0.717, 1.165) is 6.07 Å². The van der Waals surface area contributed by atoms with Crippen LogP contribution in [0, 0.1) is 11.6 Å². The van der Waals surface area contributed by atoms with E-state index >= 15 is 0 Å². The predicted molar refractivity (Wildman–Crippen MR) is 68.6 cm³/mol. The van der Waals surface area contributed by atoms with Gasteiger partial charge in [0.05, 0.1) is 0 Å². The molecule has 0 radical (unpaired) electrons. The molecule has 0 aliphatic rings. The van der Waals surface area contributed by atoms with Crippen molar-refractivity contribution in [3.8, 4) is 0 Å². The number of hydrogen-bond donors (Lipinski definition) is 2. The topological polar surface area (TPSA) is 98.0 Å². The average Bonchev–Trinajstić information content (AvgIpc) is 2.33. The summed E-state index contributed by atoms with van der Waals surface area (Å²) < 4.78 is 52.6. The van der Waals surface area contributed by atoms with Gasteiger partial charge < -0.3 is 5.73 Å². The molecule has 0 saturated carbocycles. The third-order valence-corrected chi connectivity index (χ3v) is 3.71. The Kier molecular flexibility index (Phi) is 3.73. The van der Waals surface area contributed by atoms with E-state index in [4.69, 9.17) is 17.3 Å². The molecule has 2 aromatic rings. The lowest BCUT2D eigenvalue weighted by Gasteiger charge is -2.09. The van der Waals surface area contributed by atoms with E-state index in [9.17, 15) is 17.2 Å². The van der Waals surface area contributed by atoms with Gasteiger partial charge in [-0.3, -0.25) is 4.72 Å². The lowest BCUT2D eigenvalue weighted by molar-refractivity contribution is 0.486. The van der Waals surface area contributed by atoms with Crippen LogP contribution in [0.15, 0.2) is 29.3 Å². The number of sulfonamides is 1. The lowest BCUT2D eigenvalue weighted by atomic mass is 10.3. The summed E-state index contributed by atoms with van der Waals surface area (Å²) in [6.07, 6.45) is 1.20. The third-order valence-electron chi connectivity index (χ3n) is 2.17. The van der Waals surface area contributed by atoms with E-state index in [2.05, 4.69) is 9.97 Å². The highest BCUT2D eigenvalue weighted by Crippen LogP contribution is 2.23. The molecule has 1 aromatic heterocycles. The van der Waals surface area contributed by atoms with Crippen LogP contribution in [-0.4, -0.2) is 18.4 Å². The van der Waals surface area contributed by atoms with Crippen molar-refractivity contribution in [1.82, 2.24) is 9.97 Å².